The van der Waals surface area contributed by atoms with Gasteiger partial charge in [-0.1, -0.05) is 65.0 Å². The highest BCUT2D eigenvalue weighted by molar-refractivity contribution is 5.26. The fraction of sp³-hybridized carbons (Fsp3) is 0.684. The summed E-state index contributed by atoms with van der Waals surface area (Å²) < 4.78 is 0. The summed E-state index contributed by atoms with van der Waals surface area (Å²) in [5.41, 5.74) is 2.09. The lowest BCUT2D eigenvalue weighted by Crippen LogP contribution is -2.46. The third-order valence-electron chi connectivity index (χ3n) is 4.70. The van der Waals surface area contributed by atoms with Crippen LogP contribution in [-0.4, -0.2) is 37.1 Å². The van der Waals surface area contributed by atoms with E-state index < -0.39 is 0 Å². The quantitative estimate of drug-likeness (QED) is 0.859. The van der Waals surface area contributed by atoms with E-state index in [2.05, 4.69) is 75.2 Å². The molecule has 2 nitrogen and oxygen atoms in total. The highest BCUT2D eigenvalue weighted by Crippen LogP contribution is 2.32. The van der Waals surface area contributed by atoms with Crippen LogP contribution in [0.15, 0.2) is 30.3 Å². The van der Waals surface area contributed by atoms with Crippen LogP contribution in [0.25, 0.3) is 0 Å². The van der Waals surface area contributed by atoms with Gasteiger partial charge in [0.2, 0.25) is 0 Å². The Morgan fingerprint density at radius 3 is 2.43 bits per heavy atom. The van der Waals surface area contributed by atoms with Gasteiger partial charge in [-0.15, -0.1) is 0 Å². The number of nitrogens with zero attached hydrogens (tertiary/aromatic N) is 1. The minimum absolute atomic E-state index is 0.173. The number of benzene rings is 1. The number of rotatable bonds is 6. The zero-order valence-corrected chi connectivity index (χ0v) is 14.4. The third-order valence-corrected chi connectivity index (χ3v) is 4.70. The SMILES string of the molecule is CC(C)NCC(C)(CN1CCC(C)(C)C1)c1ccccc1. The first-order valence-electron chi connectivity index (χ1n) is 8.32. The van der Waals surface area contributed by atoms with Gasteiger partial charge in [0, 0.05) is 31.1 Å². The molecule has 1 atom stereocenters. The van der Waals surface area contributed by atoms with E-state index in [1.165, 1.54) is 25.1 Å². The Balaban J connectivity index is 2.12. The molecule has 1 fully saturated rings. The van der Waals surface area contributed by atoms with Gasteiger partial charge in [-0.2, -0.15) is 0 Å². The number of hydrogen-bond acceptors (Lipinski definition) is 2. The topological polar surface area (TPSA) is 15.3 Å². The Labute approximate surface area is 130 Å². The molecule has 0 saturated carbocycles. The summed E-state index contributed by atoms with van der Waals surface area (Å²) in [5.74, 6) is 0. The molecule has 0 radical (unpaired) electrons. The Morgan fingerprint density at radius 1 is 1.24 bits per heavy atom. The first-order valence-corrected chi connectivity index (χ1v) is 8.32. The van der Waals surface area contributed by atoms with Crippen molar-refractivity contribution in [2.75, 3.05) is 26.2 Å². The highest BCUT2D eigenvalue weighted by Gasteiger charge is 2.35. The molecule has 0 amide bonds. The van der Waals surface area contributed by atoms with Crippen LogP contribution in [0.3, 0.4) is 0 Å². The maximum absolute atomic E-state index is 3.65. The standard InChI is InChI=1S/C19H32N2/c1-16(2)20-13-19(5,17-9-7-6-8-10-17)15-21-12-11-18(3,4)14-21/h6-10,16,20H,11-15H2,1-5H3. The van der Waals surface area contributed by atoms with E-state index in [1.54, 1.807) is 0 Å². The predicted octanol–water partition coefficient (Wildman–Crippen LogP) is 3.67. The Kier molecular flexibility index (Phi) is 5.11. The summed E-state index contributed by atoms with van der Waals surface area (Å²) in [7, 11) is 0. The van der Waals surface area contributed by atoms with Gasteiger partial charge in [0.25, 0.3) is 0 Å². The summed E-state index contributed by atoms with van der Waals surface area (Å²) in [5, 5.41) is 3.65. The normalized spacial score (nSPS) is 21.6. The zero-order valence-electron chi connectivity index (χ0n) is 14.4. The molecule has 21 heavy (non-hydrogen) atoms. The van der Waals surface area contributed by atoms with Gasteiger partial charge in [-0.25, -0.2) is 0 Å². The van der Waals surface area contributed by atoms with Crippen molar-refractivity contribution in [1.82, 2.24) is 10.2 Å². The van der Waals surface area contributed by atoms with Gasteiger partial charge in [0.15, 0.2) is 0 Å². The second kappa shape index (κ2) is 6.50. The van der Waals surface area contributed by atoms with Crippen LogP contribution in [-0.2, 0) is 5.41 Å². The number of nitrogens with one attached hydrogen (secondary N) is 1. The lowest BCUT2D eigenvalue weighted by molar-refractivity contribution is 0.226. The first-order chi connectivity index (χ1) is 9.81. The molecule has 2 heteroatoms. The van der Waals surface area contributed by atoms with Gasteiger partial charge < -0.3 is 10.2 Å². The molecule has 2 rings (SSSR count). The van der Waals surface area contributed by atoms with Crippen molar-refractivity contribution in [3.63, 3.8) is 0 Å². The van der Waals surface area contributed by atoms with Crippen LogP contribution < -0.4 is 5.32 Å². The summed E-state index contributed by atoms with van der Waals surface area (Å²) in [6, 6.07) is 11.5. The van der Waals surface area contributed by atoms with Crippen molar-refractivity contribution in [1.29, 1.82) is 0 Å². The number of likely N-dealkylation sites (tertiary alicyclic amines) is 1. The molecular formula is C19H32N2. The average molecular weight is 288 g/mol. The molecule has 0 spiro atoms. The third kappa shape index (κ3) is 4.55. The second-order valence-electron chi connectivity index (χ2n) is 8.09. The molecule has 1 aromatic rings. The molecule has 1 heterocycles. The lowest BCUT2D eigenvalue weighted by Gasteiger charge is -2.36. The monoisotopic (exact) mass is 288 g/mol. The van der Waals surface area contributed by atoms with Gasteiger partial charge in [0.05, 0.1) is 0 Å². The van der Waals surface area contributed by atoms with Crippen LogP contribution in [0.5, 0.6) is 0 Å². The Hall–Kier alpha value is -0.860. The van der Waals surface area contributed by atoms with Crippen LogP contribution in [0.2, 0.25) is 0 Å². The van der Waals surface area contributed by atoms with Crippen molar-refractivity contribution in [3.05, 3.63) is 35.9 Å². The molecule has 1 unspecified atom stereocenters. The molecule has 1 saturated heterocycles. The summed E-state index contributed by atoms with van der Waals surface area (Å²) in [6.07, 6.45) is 1.31. The molecule has 0 aromatic heterocycles. The molecule has 0 bridgehead atoms. The maximum atomic E-state index is 3.65. The van der Waals surface area contributed by atoms with Gasteiger partial charge in [0.1, 0.15) is 0 Å². The minimum Gasteiger partial charge on any atom is -0.314 e. The second-order valence-corrected chi connectivity index (χ2v) is 8.09. The van der Waals surface area contributed by atoms with E-state index in [0.29, 0.717) is 11.5 Å². The van der Waals surface area contributed by atoms with Crippen LogP contribution in [0, 0.1) is 5.41 Å². The number of hydrogen-bond donors (Lipinski definition) is 1. The fourth-order valence-electron chi connectivity index (χ4n) is 3.37. The maximum Gasteiger partial charge on any atom is 0.0177 e. The van der Waals surface area contributed by atoms with Crippen LogP contribution in [0.1, 0.15) is 46.6 Å². The van der Waals surface area contributed by atoms with Crippen molar-refractivity contribution < 1.29 is 0 Å². The summed E-state index contributed by atoms with van der Waals surface area (Å²) >= 11 is 0. The molecule has 0 aliphatic carbocycles. The van der Waals surface area contributed by atoms with Gasteiger partial charge >= 0.3 is 0 Å². The van der Waals surface area contributed by atoms with E-state index in [1.807, 2.05) is 0 Å². The van der Waals surface area contributed by atoms with Crippen LogP contribution >= 0.6 is 0 Å². The van der Waals surface area contributed by atoms with Crippen molar-refractivity contribution >= 4 is 0 Å². The molecule has 1 aliphatic rings. The lowest BCUT2D eigenvalue weighted by atomic mass is 9.81. The fourth-order valence-corrected chi connectivity index (χ4v) is 3.37. The largest absolute Gasteiger partial charge is 0.314 e. The van der Waals surface area contributed by atoms with E-state index in [4.69, 9.17) is 0 Å². The predicted molar refractivity (Wildman–Crippen MR) is 91.8 cm³/mol. The smallest absolute Gasteiger partial charge is 0.0177 e. The first kappa shape index (κ1) is 16.5. The molecule has 1 aromatic carbocycles. The highest BCUT2D eigenvalue weighted by atomic mass is 15.2. The van der Waals surface area contributed by atoms with Gasteiger partial charge in [-0.05, 0) is 23.9 Å². The van der Waals surface area contributed by atoms with Gasteiger partial charge in [-0.3, -0.25) is 0 Å². The molecular weight excluding hydrogens is 256 g/mol. The summed E-state index contributed by atoms with van der Waals surface area (Å²) in [6.45, 7) is 16.3. The molecule has 1 N–H and O–H groups in total. The van der Waals surface area contributed by atoms with Crippen molar-refractivity contribution in [3.8, 4) is 0 Å². The van der Waals surface area contributed by atoms with Crippen molar-refractivity contribution in [2.45, 2.75) is 52.5 Å². The Morgan fingerprint density at radius 2 is 1.90 bits per heavy atom. The summed E-state index contributed by atoms with van der Waals surface area (Å²) in [4.78, 5) is 2.65. The zero-order chi connectivity index (χ0) is 15.5. The van der Waals surface area contributed by atoms with Crippen molar-refractivity contribution in [2.24, 2.45) is 5.41 Å². The average Bonchev–Trinajstić information content (AvgIpc) is 2.76. The Bertz CT molecular complexity index is 438. The minimum atomic E-state index is 0.173. The van der Waals surface area contributed by atoms with E-state index in [0.717, 1.165) is 13.1 Å². The van der Waals surface area contributed by atoms with Crippen LogP contribution in [0.4, 0.5) is 0 Å². The van der Waals surface area contributed by atoms with E-state index in [-0.39, 0.29) is 5.41 Å². The van der Waals surface area contributed by atoms with E-state index >= 15 is 0 Å². The molecule has 1 aliphatic heterocycles. The van der Waals surface area contributed by atoms with E-state index in [9.17, 15) is 0 Å². The molecule has 118 valence electrons.